The molecule has 3 atom stereocenters. The molecule has 6 nitrogen and oxygen atoms in total. The van der Waals surface area contributed by atoms with E-state index in [0.29, 0.717) is 55.3 Å². The number of hydrogen-bond donors (Lipinski definition) is 0. The summed E-state index contributed by atoms with van der Waals surface area (Å²) in [5.41, 5.74) is 1.02. The van der Waals surface area contributed by atoms with Crippen LogP contribution in [0.1, 0.15) is 82.0 Å². The fourth-order valence-corrected chi connectivity index (χ4v) is 6.66. The fourth-order valence-electron chi connectivity index (χ4n) is 6.50. The Morgan fingerprint density at radius 2 is 1.80 bits per heavy atom. The molecule has 3 aliphatic heterocycles. The number of carbonyl (C=O) groups excluding carboxylic acids is 1. The predicted octanol–water partition coefficient (Wildman–Crippen LogP) is 6.27. The summed E-state index contributed by atoms with van der Waals surface area (Å²) in [4.78, 5) is 22.9. The summed E-state index contributed by atoms with van der Waals surface area (Å²) in [5.74, 6) is -2.09. The second-order valence-electron chi connectivity index (χ2n) is 13.1. The Kier molecular flexibility index (Phi) is 7.26. The van der Waals surface area contributed by atoms with Gasteiger partial charge in [0.2, 0.25) is 5.91 Å². The maximum Gasteiger partial charge on any atom is 0.227 e. The minimum absolute atomic E-state index is 0.0253. The number of likely N-dealkylation sites (tertiary alicyclic amines) is 2. The average Bonchev–Trinajstić information content (AvgIpc) is 3.46. The van der Waals surface area contributed by atoms with Gasteiger partial charge in [-0.25, -0.2) is 8.78 Å². The van der Waals surface area contributed by atoms with Crippen molar-refractivity contribution in [1.29, 1.82) is 5.26 Å². The van der Waals surface area contributed by atoms with Gasteiger partial charge < -0.3 is 9.64 Å². The predicted molar refractivity (Wildman–Crippen MR) is 149 cm³/mol. The van der Waals surface area contributed by atoms with Crippen LogP contribution in [0.3, 0.4) is 0 Å². The summed E-state index contributed by atoms with van der Waals surface area (Å²) < 4.78 is 35.3. The quantitative estimate of drug-likeness (QED) is 0.435. The van der Waals surface area contributed by atoms with Crippen LogP contribution in [0, 0.1) is 41.2 Å². The Balaban J connectivity index is 1.41. The van der Waals surface area contributed by atoms with E-state index in [1.807, 2.05) is 31.7 Å². The number of nitriles is 1. The molecular formula is C31H37ClF2N4O2. The molecule has 1 aromatic heterocycles. The highest BCUT2D eigenvalue weighted by molar-refractivity contribution is 6.31. The molecule has 0 bridgehead atoms. The summed E-state index contributed by atoms with van der Waals surface area (Å²) in [5, 5.41) is 10.4. The molecular weight excluding hydrogens is 534 g/mol. The first-order valence-corrected chi connectivity index (χ1v) is 14.3. The average molecular weight is 571 g/mol. The normalized spacial score (nSPS) is 24.8. The standard InChI is InChI=1S/C31H37ClF2N4O2/c1-18-24(32)14-21-26(36-18)31(40-27(21)30(5,6)17-35)9-11-37(12-10-31)28(39)23-16-38(29(2,3)4)15-22(23)20-8-7-19(33)13-25(20)34/h7-8,13-14,22-23,27H,9-12,15-16H2,1-6H3/t22-,23-,27?/m1/s1. The van der Waals surface area contributed by atoms with Crippen LogP contribution in [0.4, 0.5) is 8.78 Å². The highest BCUT2D eigenvalue weighted by atomic mass is 35.5. The van der Waals surface area contributed by atoms with Gasteiger partial charge in [0.25, 0.3) is 0 Å². The lowest BCUT2D eigenvalue weighted by molar-refractivity contribution is -0.153. The number of hydrogen-bond acceptors (Lipinski definition) is 5. The van der Waals surface area contributed by atoms with Crippen molar-refractivity contribution in [3.8, 4) is 6.07 Å². The molecule has 2 aromatic rings. The van der Waals surface area contributed by atoms with Crippen LogP contribution in [-0.2, 0) is 15.1 Å². The zero-order chi connectivity index (χ0) is 29.2. The number of ether oxygens (including phenoxy) is 1. The van der Waals surface area contributed by atoms with E-state index in [4.69, 9.17) is 21.3 Å². The molecule has 0 N–H and O–H groups in total. The zero-order valence-corrected chi connectivity index (χ0v) is 24.8. The van der Waals surface area contributed by atoms with Gasteiger partial charge >= 0.3 is 0 Å². The third-order valence-electron chi connectivity index (χ3n) is 9.01. The van der Waals surface area contributed by atoms with Crippen LogP contribution in [0.2, 0.25) is 5.02 Å². The van der Waals surface area contributed by atoms with E-state index in [0.717, 1.165) is 17.3 Å². The van der Waals surface area contributed by atoms with E-state index in [9.17, 15) is 18.8 Å². The van der Waals surface area contributed by atoms with E-state index in [1.165, 1.54) is 12.1 Å². The lowest BCUT2D eigenvalue weighted by Gasteiger charge is -2.41. The number of carbonyl (C=O) groups is 1. The molecule has 1 amide bonds. The number of aromatic nitrogens is 1. The minimum Gasteiger partial charge on any atom is -0.359 e. The third-order valence-corrected chi connectivity index (χ3v) is 9.40. The molecule has 5 rings (SSSR count). The Bertz CT molecular complexity index is 1370. The van der Waals surface area contributed by atoms with Gasteiger partial charge in [-0.3, -0.25) is 14.7 Å². The van der Waals surface area contributed by atoms with E-state index in [2.05, 4.69) is 31.7 Å². The number of amides is 1. The summed E-state index contributed by atoms with van der Waals surface area (Å²) in [6.45, 7) is 13.7. The topological polar surface area (TPSA) is 69.5 Å². The highest BCUT2D eigenvalue weighted by Crippen LogP contribution is 2.54. The molecule has 1 unspecified atom stereocenters. The van der Waals surface area contributed by atoms with Gasteiger partial charge in [-0.15, -0.1) is 0 Å². The number of halogens is 3. The minimum atomic E-state index is -0.793. The van der Waals surface area contributed by atoms with Crippen molar-refractivity contribution in [3.05, 3.63) is 63.4 Å². The number of piperidine rings is 1. The molecule has 3 aliphatic rings. The van der Waals surface area contributed by atoms with Gasteiger partial charge in [0.1, 0.15) is 23.3 Å². The molecule has 0 saturated carbocycles. The van der Waals surface area contributed by atoms with Crippen LogP contribution in [0.5, 0.6) is 0 Å². The smallest absolute Gasteiger partial charge is 0.227 e. The largest absolute Gasteiger partial charge is 0.359 e. The fraction of sp³-hybridized carbons (Fsp3) is 0.581. The molecule has 40 heavy (non-hydrogen) atoms. The molecule has 4 heterocycles. The summed E-state index contributed by atoms with van der Waals surface area (Å²) in [6, 6.07) is 7.88. The lowest BCUT2D eigenvalue weighted by atomic mass is 9.82. The maximum absolute atomic E-state index is 14.9. The maximum atomic E-state index is 14.9. The van der Waals surface area contributed by atoms with Crippen LogP contribution in [0.25, 0.3) is 0 Å². The molecule has 0 radical (unpaired) electrons. The Morgan fingerprint density at radius 3 is 2.40 bits per heavy atom. The monoisotopic (exact) mass is 570 g/mol. The number of benzene rings is 1. The van der Waals surface area contributed by atoms with Crippen molar-refractivity contribution in [2.24, 2.45) is 11.3 Å². The van der Waals surface area contributed by atoms with Crippen LogP contribution < -0.4 is 0 Å². The van der Waals surface area contributed by atoms with Crippen molar-refractivity contribution in [2.75, 3.05) is 26.2 Å². The first-order valence-electron chi connectivity index (χ1n) is 13.9. The van der Waals surface area contributed by atoms with Gasteiger partial charge in [0.05, 0.1) is 33.8 Å². The summed E-state index contributed by atoms with van der Waals surface area (Å²) in [7, 11) is 0. The van der Waals surface area contributed by atoms with E-state index >= 15 is 0 Å². The van der Waals surface area contributed by atoms with E-state index in [-0.39, 0.29) is 17.4 Å². The second-order valence-corrected chi connectivity index (χ2v) is 13.5. The van der Waals surface area contributed by atoms with Crippen LogP contribution in [-0.4, -0.2) is 52.4 Å². The zero-order valence-electron chi connectivity index (χ0n) is 24.0. The Hall–Kier alpha value is -2.60. The van der Waals surface area contributed by atoms with Crippen LogP contribution >= 0.6 is 11.6 Å². The van der Waals surface area contributed by atoms with Crippen LogP contribution in [0.15, 0.2) is 24.3 Å². The van der Waals surface area contributed by atoms with Crippen molar-refractivity contribution >= 4 is 17.5 Å². The number of aryl methyl sites for hydroxylation is 1. The van der Waals surface area contributed by atoms with Crippen molar-refractivity contribution in [3.63, 3.8) is 0 Å². The van der Waals surface area contributed by atoms with Crippen molar-refractivity contribution in [2.45, 2.75) is 77.5 Å². The van der Waals surface area contributed by atoms with Gasteiger partial charge in [-0.1, -0.05) is 17.7 Å². The molecule has 9 heteroatoms. The summed E-state index contributed by atoms with van der Waals surface area (Å²) in [6.07, 6.45) is 0.577. The SMILES string of the molecule is Cc1nc2c(cc1Cl)C(C(C)(C)C#N)OC21CCN(C(=O)[C@@H]2CN(C(C)(C)C)C[C@@H]2c2ccc(F)cc2F)CC1. The first-order chi connectivity index (χ1) is 18.7. The molecule has 2 saturated heterocycles. The first kappa shape index (κ1) is 28.9. The van der Waals surface area contributed by atoms with Crippen molar-refractivity contribution < 1.29 is 18.3 Å². The molecule has 1 aromatic carbocycles. The Morgan fingerprint density at radius 1 is 1.12 bits per heavy atom. The number of pyridine rings is 1. The van der Waals surface area contributed by atoms with Gasteiger partial charge in [-0.05, 0) is 72.1 Å². The molecule has 2 fully saturated rings. The van der Waals surface area contributed by atoms with Gasteiger partial charge in [0, 0.05) is 49.3 Å². The van der Waals surface area contributed by atoms with E-state index < -0.39 is 34.7 Å². The second kappa shape index (κ2) is 10.0. The number of fused-ring (bicyclic) bond motifs is 2. The molecule has 214 valence electrons. The van der Waals surface area contributed by atoms with E-state index in [1.54, 1.807) is 0 Å². The number of nitrogens with zero attached hydrogens (tertiary/aromatic N) is 4. The van der Waals surface area contributed by atoms with Crippen molar-refractivity contribution in [1.82, 2.24) is 14.8 Å². The lowest BCUT2D eigenvalue weighted by Crippen LogP contribution is -2.49. The summed E-state index contributed by atoms with van der Waals surface area (Å²) >= 11 is 6.44. The number of rotatable bonds is 3. The Labute approximate surface area is 240 Å². The highest BCUT2D eigenvalue weighted by Gasteiger charge is 2.54. The van der Waals surface area contributed by atoms with Gasteiger partial charge in [0.15, 0.2) is 0 Å². The molecule has 1 spiro atoms. The molecule has 0 aliphatic carbocycles. The van der Waals surface area contributed by atoms with Gasteiger partial charge in [-0.2, -0.15) is 5.26 Å². The third kappa shape index (κ3) is 4.91.